The quantitative estimate of drug-likeness (QED) is 0.673. The average Bonchev–Trinajstić information content (AvgIpc) is 2.77. The van der Waals surface area contributed by atoms with Crippen LogP contribution < -0.4 is 26.4 Å². The Bertz CT molecular complexity index is 823. The van der Waals surface area contributed by atoms with Crippen molar-refractivity contribution in [2.45, 2.75) is 31.6 Å². The number of piperidine rings is 1. The summed E-state index contributed by atoms with van der Waals surface area (Å²) in [5.41, 5.74) is 15.3. The molecule has 30 heavy (non-hydrogen) atoms. The molecule has 4 rings (SSSR count). The van der Waals surface area contributed by atoms with E-state index in [0.29, 0.717) is 17.6 Å². The van der Waals surface area contributed by atoms with Crippen LogP contribution in [0.2, 0.25) is 0 Å². The smallest absolute Gasteiger partial charge is 0.214 e. The standard InChI is InChI=1S/C22H35N7O/c1-16-15-25-22(24,26-21(16)23)19-5-4-18(14-20(19)30-3)28-8-6-17(7-9-28)29-12-10-27(2)11-13-29/h4-5,14-15,17,25H,6-13,24H2,1-3H3,(H2,23,26). The number of likely N-dealkylation sites (N-methyl/N-ethyl adjacent to an activating group) is 1. The van der Waals surface area contributed by atoms with Crippen LogP contribution >= 0.6 is 0 Å². The molecule has 0 bridgehead atoms. The molecule has 1 aromatic rings. The summed E-state index contributed by atoms with van der Waals surface area (Å²) < 4.78 is 5.69. The fourth-order valence-electron chi connectivity index (χ4n) is 4.61. The number of nitrogens with one attached hydrogen (secondary N) is 1. The lowest BCUT2D eigenvalue weighted by molar-refractivity contribution is 0.0982. The Morgan fingerprint density at radius 3 is 2.47 bits per heavy atom. The van der Waals surface area contributed by atoms with E-state index in [0.717, 1.165) is 29.9 Å². The van der Waals surface area contributed by atoms with E-state index in [1.807, 2.05) is 13.0 Å². The summed E-state index contributed by atoms with van der Waals surface area (Å²) in [5.74, 6) is 0.0311. The van der Waals surface area contributed by atoms with Crippen LogP contribution in [0, 0.1) is 0 Å². The van der Waals surface area contributed by atoms with E-state index < -0.39 is 5.79 Å². The predicted molar refractivity (Wildman–Crippen MR) is 122 cm³/mol. The Hall–Kier alpha value is -2.29. The largest absolute Gasteiger partial charge is 0.496 e. The zero-order valence-corrected chi connectivity index (χ0v) is 18.4. The molecule has 1 aromatic carbocycles. The minimum atomic E-state index is -1.12. The third-order valence-electron chi connectivity index (χ3n) is 6.69. The van der Waals surface area contributed by atoms with Gasteiger partial charge in [-0.05, 0) is 38.9 Å². The number of nitrogens with two attached hydrogens (primary N) is 2. The molecule has 0 saturated carbocycles. The number of hydrogen-bond acceptors (Lipinski definition) is 8. The molecular weight excluding hydrogens is 378 g/mol. The molecule has 2 saturated heterocycles. The summed E-state index contributed by atoms with van der Waals surface area (Å²) in [6.07, 6.45) is 4.20. The predicted octanol–water partition coefficient (Wildman–Crippen LogP) is 0.845. The molecule has 8 nitrogen and oxygen atoms in total. The molecule has 8 heteroatoms. The SMILES string of the molecule is COc1cc(N2CCC(N3CCN(C)CC3)CC2)ccc1C1(N)N=C(N)C(C)=CN1. The van der Waals surface area contributed by atoms with Crippen molar-refractivity contribution < 1.29 is 4.74 Å². The van der Waals surface area contributed by atoms with Crippen LogP contribution in [-0.2, 0) is 5.79 Å². The number of methoxy groups -OCH3 is 1. The van der Waals surface area contributed by atoms with E-state index in [1.165, 1.54) is 39.0 Å². The van der Waals surface area contributed by atoms with E-state index in [9.17, 15) is 0 Å². The van der Waals surface area contributed by atoms with E-state index in [2.05, 4.69) is 44.2 Å². The van der Waals surface area contributed by atoms with Crippen molar-refractivity contribution in [3.63, 3.8) is 0 Å². The van der Waals surface area contributed by atoms with Crippen LogP contribution in [0.25, 0.3) is 0 Å². The van der Waals surface area contributed by atoms with Crippen LogP contribution in [0.15, 0.2) is 35.0 Å². The molecule has 0 spiro atoms. The lowest BCUT2D eigenvalue weighted by Crippen LogP contribution is -2.52. The number of hydrogen-bond donors (Lipinski definition) is 3. The van der Waals surface area contributed by atoms with Crippen LogP contribution in [0.3, 0.4) is 0 Å². The molecule has 0 amide bonds. The van der Waals surface area contributed by atoms with Crippen LogP contribution in [0.1, 0.15) is 25.3 Å². The van der Waals surface area contributed by atoms with Crippen molar-refractivity contribution in [2.75, 3.05) is 58.3 Å². The van der Waals surface area contributed by atoms with Crippen molar-refractivity contribution in [3.8, 4) is 5.75 Å². The van der Waals surface area contributed by atoms with Gasteiger partial charge in [0.1, 0.15) is 11.6 Å². The first kappa shape index (κ1) is 21.0. The van der Waals surface area contributed by atoms with Crippen molar-refractivity contribution >= 4 is 11.5 Å². The zero-order valence-electron chi connectivity index (χ0n) is 18.4. The average molecular weight is 414 g/mol. The molecule has 1 atom stereocenters. The van der Waals surface area contributed by atoms with Crippen LogP contribution in [0.5, 0.6) is 5.75 Å². The highest BCUT2D eigenvalue weighted by molar-refractivity contribution is 5.97. The first-order chi connectivity index (χ1) is 14.4. The van der Waals surface area contributed by atoms with Gasteiger partial charge in [0.2, 0.25) is 5.79 Å². The van der Waals surface area contributed by atoms with Gasteiger partial charge in [-0.3, -0.25) is 10.6 Å². The maximum Gasteiger partial charge on any atom is 0.214 e. The molecule has 2 fully saturated rings. The highest BCUT2D eigenvalue weighted by atomic mass is 16.5. The topological polar surface area (TPSA) is 95.4 Å². The molecule has 3 aliphatic rings. The molecule has 164 valence electrons. The third kappa shape index (κ3) is 4.12. The van der Waals surface area contributed by atoms with Gasteiger partial charge in [0, 0.05) is 68.8 Å². The van der Waals surface area contributed by atoms with Gasteiger partial charge in [0.05, 0.1) is 12.7 Å². The van der Waals surface area contributed by atoms with Crippen molar-refractivity contribution in [3.05, 3.63) is 35.5 Å². The molecule has 0 aliphatic carbocycles. The summed E-state index contributed by atoms with van der Waals surface area (Å²) in [6, 6.07) is 6.88. The highest BCUT2D eigenvalue weighted by Gasteiger charge is 2.33. The first-order valence-corrected chi connectivity index (χ1v) is 10.8. The van der Waals surface area contributed by atoms with Crippen LogP contribution in [-0.4, -0.2) is 75.1 Å². The second-order valence-electron chi connectivity index (χ2n) is 8.68. The number of amidine groups is 1. The Morgan fingerprint density at radius 2 is 1.83 bits per heavy atom. The second kappa shape index (κ2) is 8.45. The fourth-order valence-corrected chi connectivity index (χ4v) is 4.61. The number of nitrogens with zero attached hydrogens (tertiary/aromatic N) is 4. The lowest BCUT2D eigenvalue weighted by atomic mass is 10.00. The monoisotopic (exact) mass is 413 g/mol. The van der Waals surface area contributed by atoms with Crippen molar-refractivity contribution in [2.24, 2.45) is 16.5 Å². The summed E-state index contributed by atoms with van der Waals surface area (Å²) in [5, 5.41) is 3.16. The number of aliphatic imine (C=N–C) groups is 1. The van der Waals surface area contributed by atoms with Crippen molar-refractivity contribution in [1.82, 2.24) is 15.1 Å². The van der Waals surface area contributed by atoms with Crippen molar-refractivity contribution in [1.29, 1.82) is 0 Å². The summed E-state index contributed by atoms with van der Waals surface area (Å²) in [7, 11) is 3.88. The zero-order chi connectivity index (χ0) is 21.3. The van der Waals surface area contributed by atoms with Gasteiger partial charge >= 0.3 is 0 Å². The number of rotatable bonds is 4. The van der Waals surface area contributed by atoms with Gasteiger partial charge in [-0.25, -0.2) is 4.99 Å². The Kier molecular flexibility index (Phi) is 5.90. The van der Waals surface area contributed by atoms with E-state index in [1.54, 1.807) is 13.3 Å². The third-order valence-corrected chi connectivity index (χ3v) is 6.69. The van der Waals surface area contributed by atoms with E-state index in [4.69, 9.17) is 16.2 Å². The van der Waals surface area contributed by atoms with Gasteiger partial charge in [-0.2, -0.15) is 0 Å². The van der Waals surface area contributed by atoms with E-state index in [-0.39, 0.29) is 0 Å². The van der Waals surface area contributed by atoms with Gasteiger partial charge in [0.25, 0.3) is 0 Å². The summed E-state index contributed by atoms with van der Waals surface area (Å²) >= 11 is 0. The van der Waals surface area contributed by atoms with Crippen LogP contribution in [0.4, 0.5) is 5.69 Å². The van der Waals surface area contributed by atoms with Gasteiger partial charge in [-0.1, -0.05) is 0 Å². The minimum Gasteiger partial charge on any atom is -0.496 e. The van der Waals surface area contributed by atoms with E-state index >= 15 is 0 Å². The van der Waals surface area contributed by atoms with Gasteiger partial charge in [0.15, 0.2) is 0 Å². The van der Waals surface area contributed by atoms with Gasteiger partial charge < -0.3 is 25.6 Å². The summed E-state index contributed by atoms with van der Waals surface area (Å²) in [6.45, 7) is 8.74. The molecular formula is C22H35N7O. The fraction of sp³-hybridized carbons (Fsp3) is 0.591. The molecule has 3 aliphatic heterocycles. The molecule has 1 unspecified atom stereocenters. The molecule has 5 N–H and O–H groups in total. The van der Waals surface area contributed by atoms with Gasteiger partial charge in [-0.15, -0.1) is 0 Å². The second-order valence-corrected chi connectivity index (χ2v) is 8.68. The maximum absolute atomic E-state index is 6.52. The number of piperazine rings is 1. The first-order valence-electron chi connectivity index (χ1n) is 10.8. The minimum absolute atomic E-state index is 0.438. The number of ether oxygens (including phenoxy) is 1. The Labute approximate surface area is 179 Å². The Morgan fingerprint density at radius 1 is 1.13 bits per heavy atom. The molecule has 0 aromatic heterocycles. The Balaban J connectivity index is 1.45. The highest BCUT2D eigenvalue weighted by Crippen LogP contribution is 2.34. The lowest BCUT2D eigenvalue weighted by Gasteiger charge is -2.42. The normalized spacial score (nSPS) is 26.7. The molecule has 0 radical (unpaired) electrons. The summed E-state index contributed by atoms with van der Waals surface area (Å²) in [4.78, 5) is 12.0. The number of anilines is 1. The molecule has 3 heterocycles. The maximum atomic E-state index is 6.52. The number of benzene rings is 1.